The van der Waals surface area contributed by atoms with E-state index in [9.17, 15) is 13.2 Å². The molecule has 1 N–H and O–H groups in total. The minimum absolute atomic E-state index is 0.193. The van der Waals surface area contributed by atoms with Crippen LogP contribution in [0.25, 0.3) is 0 Å². The van der Waals surface area contributed by atoms with Gasteiger partial charge in [-0.3, -0.25) is 0 Å². The fourth-order valence-electron chi connectivity index (χ4n) is 3.06. The van der Waals surface area contributed by atoms with Crippen molar-refractivity contribution < 1.29 is 17.9 Å². The quantitative estimate of drug-likeness (QED) is 0.839. The van der Waals surface area contributed by atoms with Crippen molar-refractivity contribution in [2.45, 2.75) is 64.5 Å². The fourth-order valence-corrected chi connectivity index (χ4v) is 5.00. The first kappa shape index (κ1) is 18.5. The summed E-state index contributed by atoms with van der Waals surface area (Å²) in [4.78, 5) is 11.8. The van der Waals surface area contributed by atoms with Crippen LogP contribution in [-0.2, 0) is 14.9 Å². The number of hydrogen-bond acceptors (Lipinski definition) is 4. The molecule has 23 heavy (non-hydrogen) atoms. The smallest absolute Gasteiger partial charge is 0.407 e. The van der Waals surface area contributed by atoms with Gasteiger partial charge in [-0.15, -0.1) is 0 Å². The Morgan fingerprint density at radius 2 is 1.74 bits per heavy atom. The molecule has 0 bridgehead atoms. The van der Waals surface area contributed by atoms with Gasteiger partial charge in [0.05, 0.1) is 0 Å². The number of ether oxygens (including phenoxy) is 1. The summed E-state index contributed by atoms with van der Waals surface area (Å²) in [5, 5.41) is 2.72. The molecule has 2 rings (SSSR count). The van der Waals surface area contributed by atoms with Crippen LogP contribution in [-0.4, -0.2) is 60.9 Å². The van der Waals surface area contributed by atoms with E-state index in [2.05, 4.69) is 5.32 Å². The molecule has 0 spiro atoms. The van der Waals surface area contributed by atoms with Crippen molar-refractivity contribution in [3.8, 4) is 0 Å². The van der Waals surface area contributed by atoms with E-state index >= 15 is 0 Å². The minimum atomic E-state index is -3.42. The molecule has 2 fully saturated rings. The molecule has 134 valence electrons. The normalized spacial score (nSPS) is 24.6. The van der Waals surface area contributed by atoms with Gasteiger partial charge in [-0.05, 0) is 46.5 Å². The van der Waals surface area contributed by atoms with Crippen LogP contribution in [0.3, 0.4) is 0 Å². The number of nitrogens with one attached hydrogen (secondary N) is 1. The molecular formula is C15H29N3O4S. The molecule has 2 heterocycles. The molecule has 1 unspecified atom stereocenters. The average Bonchev–Trinajstić information content (AvgIpc) is 2.98. The molecule has 1 atom stereocenters. The van der Waals surface area contributed by atoms with E-state index in [0.29, 0.717) is 26.2 Å². The van der Waals surface area contributed by atoms with Gasteiger partial charge in [0.25, 0.3) is 10.2 Å². The second kappa shape index (κ2) is 7.36. The van der Waals surface area contributed by atoms with Crippen molar-refractivity contribution in [2.24, 2.45) is 0 Å². The summed E-state index contributed by atoms with van der Waals surface area (Å²) in [7, 11) is -3.42. The lowest BCUT2D eigenvalue weighted by molar-refractivity contribution is 0.0511. The summed E-state index contributed by atoms with van der Waals surface area (Å²) >= 11 is 0. The number of carbonyl (C=O) groups excluding carboxylic acids is 1. The van der Waals surface area contributed by atoms with Gasteiger partial charge in [-0.2, -0.15) is 17.0 Å². The molecule has 0 radical (unpaired) electrons. The van der Waals surface area contributed by atoms with Crippen LogP contribution in [0.1, 0.15) is 52.9 Å². The van der Waals surface area contributed by atoms with Gasteiger partial charge < -0.3 is 10.1 Å². The van der Waals surface area contributed by atoms with Crippen molar-refractivity contribution in [1.29, 1.82) is 0 Å². The number of hydrogen-bond donors (Lipinski definition) is 1. The van der Waals surface area contributed by atoms with Crippen molar-refractivity contribution in [3.63, 3.8) is 0 Å². The number of carbonyl (C=O) groups is 1. The van der Waals surface area contributed by atoms with Gasteiger partial charge in [0.2, 0.25) is 0 Å². The molecule has 2 aliphatic rings. The van der Waals surface area contributed by atoms with Crippen LogP contribution >= 0.6 is 0 Å². The Bertz CT molecular complexity index is 509. The van der Waals surface area contributed by atoms with E-state index < -0.39 is 21.9 Å². The monoisotopic (exact) mass is 347 g/mol. The molecule has 0 aliphatic carbocycles. The lowest BCUT2D eigenvalue weighted by Crippen LogP contribution is -2.53. The lowest BCUT2D eigenvalue weighted by atomic mass is 10.1. The molecule has 7 nitrogen and oxygen atoms in total. The second-order valence-corrected chi connectivity index (χ2v) is 9.14. The Kier molecular flexibility index (Phi) is 5.91. The van der Waals surface area contributed by atoms with E-state index in [1.807, 2.05) is 0 Å². The van der Waals surface area contributed by atoms with Crippen LogP contribution in [0.4, 0.5) is 4.79 Å². The third-order valence-corrected chi connectivity index (χ3v) is 6.23. The fraction of sp³-hybridized carbons (Fsp3) is 0.933. The van der Waals surface area contributed by atoms with E-state index in [-0.39, 0.29) is 6.04 Å². The molecule has 2 aliphatic heterocycles. The summed E-state index contributed by atoms with van der Waals surface area (Å²) in [5.74, 6) is 0. The molecule has 0 saturated carbocycles. The average molecular weight is 347 g/mol. The van der Waals surface area contributed by atoms with Crippen LogP contribution in [0, 0.1) is 0 Å². The highest BCUT2D eigenvalue weighted by Crippen LogP contribution is 2.24. The highest BCUT2D eigenvalue weighted by Gasteiger charge is 2.37. The summed E-state index contributed by atoms with van der Waals surface area (Å²) < 4.78 is 33.9. The van der Waals surface area contributed by atoms with Gasteiger partial charge >= 0.3 is 6.09 Å². The molecule has 1 amide bonds. The van der Waals surface area contributed by atoms with Gasteiger partial charge in [-0.25, -0.2) is 4.79 Å². The topological polar surface area (TPSA) is 79.0 Å². The van der Waals surface area contributed by atoms with E-state index in [0.717, 1.165) is 32.1 Å². The zero-order chi connectivity index (χ0) is 17.1. The Labute approximate surface area is 139 Å². The number of piperidine rings is 1. The molecule has 0 aromatic carbocycles. The maximum atomic E-state index is 12.8. The zero-order valence-corrected chi connectivity index (χ0v) is 15.2. The Morgan fingerprint density at radius 3 is 2.35 bits per heavy atom. The highest BCUT2D eigenvalue weighted by molar-refractivity contribution is 7.86. The first-order valence-electron chi connectivity index (χ1n) is 8.44. The Balaban J connectivity index is 1.97. The van der Waals surface area contributed by atoms with Crippen LogP contribution in [0.2, 0.25) is 0 Å². The van der Waals surface area contributed by atoms with Gasteiger partial charge in [-0.1, -0.05) is 6.42 Å². The maximum Gasteiger partial charge on any atom is 0.407 e. The summed E-state index contributed by atoms with van der Waals surface area (Å²) in [6.07, 6.45) is 3.97. The Hall–Kier alpha value is -0.860. The number of rotatable bonds is 4. The second-order valence-electron chi connectivity index (χ2n) is 7.26. The summed E-state index contributed by atoms with van der Waals surface area (Å²) in [6, 6.07) is -0.193. The van der Waals surface area contributed by atoms with E-state index in [1.54, 1.807) is 29.4 Å². The third kappa shape index (κ3) is 5.06. The van der Waals surface area contributed by atoms with Crippen molar-refractivity contribution in [1.82, 2.24) is 13.9 Å². The molecule has 0 aromatic heterocycles. The number of amides is 1. The minimum Gasteiger partial charge on any atom is -0.444 e. The van der Waals surface area contributed by atoms with Crippen LogP contribution in [0.15, 0.2) is 0 Å². The predicted octanol–water partition coefficient (Wildman–Crippen LogP) is 1.71. The van der Waals surface area contributed by atoms with E-state index in [1.165, 1.54) is 0 Å². The molecule has 2 saturated heterocycles. The first-order chi connectivity index (χ1) is 10.7. The summed E-state index contributed by atoms with van der Waals surface area (Å²) in [5.41, 5.74) is -0.558. The lowest BCUT2D eigenvalue weighted by Gasteiger charge is -2.37. The van der Waals surface area contributed by atoms with Gasteiger partial charge in [0.15, 0.2) is 0 Å². The van der Waals surface area contributed by atoms with Crippen LogP contribution in [0.5, 0.6) is 0 Å². The highest BCUT2D eigenvalue weighted by atomic mass is 32.2. The largest absolute Gasteiger partial charge is 0.444 e. The van der Waals surface area contributed by atoms with E-state index in [4.69, 9.17) is 4.74 Å². The van der Waals surface area contributed by atoms with Crippen molar-refractivity contribution >= 4 is 16.3 Å². The maximum absolute atomic E-state index is 12.8. The van der Waals surface area contributed by atoms with Crippen LogP contribution < -0.4 is 5.32 Å². The summed E-state index contributed by atoms with van der Waals surface area (Å²) in [6.45, 7) is 7.43. The molecular weight excluding hydrogens is 318 g/mol. The molecule has 0 aromatic rings. The van der Waals surface area contributed by atoms with Gasteiger partial charge in [0.1, 0.15) is 5.60 Å². The van der Waals surface area contributed by atoms with Crippen molar-refractivity contribution in [3.05, 3.63) is 0 Å². The van der Waals surface area contributed by atoms with Gasteiger partial charge in [0, 0.05) is 32.2 Å². The third-order valence-electron chi connectivity index (χ3n) is 4.14. The predicted molar refractivity (Wildman–Crippen MR) is 88.3 cm³/mol. The first-order valence-corrected chi connectivity index (χ1v) is 9.83. The SMILES string of the molecule is CC(C)(C)OC(=O)NCC1CCCCN1S(=O)(=O)N1CCCC1. The number of nitrogens with zero attached hydrogens (tertiary/aromatic N) is 2. The Morgan fingerprint density at radius 1 is 1.13 bits per heavy atom. The zero-order valence-electron chi connectivity index (χ0n) is 14.4. The molecule has 8 heteroatoms. The van der Waals surface area contributed by atoms with Crippen molar-refractivity contribution in [2.75, 3.05) is 26.2 Å². The number of alkyl carbamates (subject to hydrolysis) is 1. The standard InChI is InChI=1S/C15H29N3O4S/c1-15(2,3)22-14(19)16-12-13-8-4-5-11-18(13)23(20,21)17-9-6-7-10-17/h13H,4-12H2,1-3H3,(H,16,19).